The number of hydrogen-bond donors (Lipinski definition) is 0. The molecule has 1 heterocycles. The molecule has 0 aliphatic rings. The summed E-state index contributed by atoms with van der Waals surface area (Å²) >= 11 is 3.34. The minimum absolute atomic E-state index is 0.404. The van der Waals surface area contributed by atoms with Crippen molar-refractivity contribution in [1.29, 1.82) is 5.26 Å². The van der Waals surface area contributed by atoms with E-state index in [1.54, 1.807) is 29.3 Å². The Labute approximate surface area is 80.6 Å². The van der Waals surface area contributed by atoms with Crippen LogP contribution in [-0.2, 0) is 0 Å². The first-order valence-electron chi connectivity index (χ1n) is 3.80. The van der Waals surface area contributed by atoms with Crippen LogP contribution < -0.4 is 0 Å². The average Bonchev–Trinajstić information content (AvgIpc) is 2.56. The van der Waals surface area contributed by atoms with E-state index in [1.165, 1.54) is 0 Å². The fraction of sp³-hybridized carbons (Fsp3) is 0.500. The molecule has 0 amide bonds. The Balaban J connectivity index is 2.44. The normalized spacial score (nSPS) is 12.3. The summed E-state index contributed by atoms with van der Waals surface area (Å²) < 4.78 is 1.07. The van der Waals surface area contributed by atoms with Crippen LogP contribution in [0.15, 0.2) is 15.9 Å². The zero-order valence-electron chi connectivity index (χ0n) is 6.86. The van der Waals surface area contributed by atoms with Gasteiger partial charge in [-0.05, 0) is 6.42 Å². The van der Waals surface area contributed by atoms with Gasteiger partial charge in [0, 0.05) is 23.2 Å². The first-order chi connectivity index (χ1) is 5.86. The highest BCUT2D eigenvalue weighted by Gasteiger charge is 2.08. The molecule has 0 aliphatic carbocycles. The van der Waals surface area contributed by atoms with Crippen molar-refractivity contribution in [3.63, 3.8) is 0 Å². The van der Waals surface area contributed by atoms with Crippen LogP contribution in [0.5, 0.6) is 0 Å². The summed E-state index contributed by atoms with van der Waals surface area (Å²) in [5.41, 5.74) is 0. The fourth-order valence-corrected chi connectivity index (χ4v) is 2.67. The lowest BCUT2D eigenvalue weighted by molar-refractivity contribution is 0.842. The van der Waals surface area contributed by atoms with Crippen LogP contribution >= 0.6 is 23.1 Å². The molecule has 0 saturated carbocycles. The number of nitriles is 1. The highest BCUT2D eigenvalue weighted by Crippen LogP contribution is 2.28. The summed E-state index contributed by atoms with van der Waals surface area (Å²) in [5.74, 6) is 0. The minimum Gasteiger partial charge on any atom is -0.238 e. The van der Waals surface area contributed by atoms with Gasteiger partial charge in [0.15, 0.2) is 0 Å². The van der Waals surface area contributed by atoms with Crippen LogP contribution in [0.1, 0.15) is 19.8 Å². The second kappa shape index (κ2) is 5.18. The van der Waals surface area contributed by atoms with Crippen LogP contribution in [0.4, 0.5) is 0 Å². The van der Waals surface area contributed by atoms with Crippen molar-refractivity contribution < 1.29 is 0 Å². The third-order valence-corrected chi connectivity index (χ3v) is 3.73. The number of thioether (sulfide) groups is 1. The van der Waals surface area contributed by atoms with E-state index in [1.807, 2.05) is 5.38 Å². The van der Waals surface area contributed by atoms with Crippen molar-refractivity contribution in [2.45, 2.75) is 29.4 Å². The largest absolute Gasteiger partial charge is 0.238 e. The lowest BCUT2D eigenvalue weighted by atomic mass is 10.3. The number of thiazole rings is 1. The molecule has 0 bridgehead atoms. The molecule has 0 saturated heterocycles. The van der Waals surface area contributed by atoms with E-state index in [2.05, 4.69) is 18.0 Å². The van der Waals surface area contributed by atoms with Gasteiger partial charge in [0.2, 0.25) is 0 Å². The molecular formula is C8H10N2S2. The van der Waals surface area contributed by atoms with Gasteiger partial charge in [0.25, 0.3) is 0 Å². The predicted molar refractivity (Wildman–Crippen MR) is 52.3 cm³/mol. The summed E-state index contributed by atoms with van der Waals surface area (Å²) in [7, 11) is 0. The van der Waals surface area contributed by atoms with E-state index in [9.17, 15) is 0 Å². The molecule has 1 aromatic rings. The molecule has 0 radical (unpaired) electrons. The van der Waals surface area contributed by atoms with Crippen molar-refractivity contribution in [2.24, 2.45) is 0 Å². The van der Waals surface area contributed by atoms with Crippen LogP contribution in [0.2, 0.25) is 0 Å². The molecule has 2 nitrogen and oxygen atoms in total. The summed E-state index contributed by atoms with van der Waals surface area (Å²) in [6.07, 6.45) is 3.44. The molecule has 0 spiro atoms. The molecule has 12 heavy (non-hydrogen) atoms. The van der Waals surface area contributed by atoms with E-state index < -0.39 is 0 Å². The quantitative estimate of drug-likeness (QED) is 0.698. The van der Waals surface area contributed by atoms with Crippen molar-refractivity contribution >= 4 is 23.1 Å². The van der Waals surface area contributed by atoms with E-state index in [-0.39, 0.29) is 0 Å². The summed E-state index contributed by atoms with van der Waals surface area (Å²) in [6.45, 7) is 2.10. The monoisotopic (exact) mass is 198 g/mol. The van der Waals surface area contributed by atoms with Crippen molar-refractivity contribution in [3.8, 4) is 6.07 Å². The van der Waals surface area contributed by atoms with Crippen LogP contribution in [0.25, 0.3) is 0 Å². The second-order valence-corrected chi connectivity index (χ2v) is 4.75. The van der Waals surface area contributed by atoms with Gasteiger partial charge >= 0.3 is 0 Å². The number of nitrogens with zero attached hydrogens (tertiary/aromatic N) is 2. The standard InChI is InChI=1S/C8H10N2S2/c1-2-7(3-4-9)12-8-10-5-6-11-8/h5-7H,2-3H2,1H3. The molecule has 0 aliphatic heterocycles. The molecule has 1 rings (SSSR count). The Bertz CT molecular complexity index is 251. The highest BCUT2D eigenvalue weighted by atomic mass is 32.2. The molecule has 4 heteroatoms. The Hall–Kier alpha value is -0.530. The third kappa shape index (κ3) is 2.84. The van der Waals surface area contributed by atoms with Crippen LogP contribution in [0.3, 0.4) is 0 Å². The molecule has 1 unspecified atom stereocenters. The average molecular weight is 198 g/mol. The number of hydrogen-bond acceptors (Lipinski definition) is 4. The first kappa shape index (κ1) is 9.56. The molecule has 0 N–H and O–H groups in total. The van der Waals surface area contributed by atoms with E-state index in [0.29, 0.717) is 11.7 Å². The van der Waals surface area contributed by atoms with Crippen LogP contribution in [-0.4, -0.2) is 10.2 Å². The van der Waals surface area contributed by atoms with Gasteiger partial charge < -0.3 is 0 Å². The maximum absolute atomic E-state index is 8.52. The molecule has 64 valence electrons. The highest BCUT2D eigenvalue weighted by molar-refractivity contribution is 8.01. The first-order valence-corrected chi connectivity index (χ1v) is 5.55. The molecular weight excluding hydrogens is 188 g/mol. The fourth-order valence-electron chi connectivity index (χ4n) is 0.782. The summed E-state index contributed by atoms with van der Waals surface area (Å²) in [6, 6.07) is 2.19. The molecule has 1 atom stereocenters. The lowest BCUT2D eigenvalue weighted by Gasteiger charge is -2.06. The van der Waals surface area contributed by atoms with Crippen molar-refractivity contribution in [1.82, 2.24) is 4.98 Å². The van der Waals surface area contributed by atoms with Gasteiger partial charge in [-0.3, -0.25) is 0 Å². The zero-order chi connectivity index (χ0) is 8.81. The lowest BCUT2D eigenvalue weighted by Crippen LogP contribution is -1.97. The van der Waals surface area contributed by atoms with Crippen LogP contribution in [0, 0.1) is 11.3 Å². The predicted octanol–water partition coefficient (Wildman–Crippen LogP) is 2.93. The molecule has 0 aromatic carbocycles. The Morgan fingerprint density at radius 3 is 3.17 bits per heavy atom. The van der Waals surface area contributed by atoms with Gasteiger partial charge in [-0.15, -0.1) is 11.3 Å². The molecule has 0 fully saturated rings. The van der Waals surface area contributed by atoms with Crippen molar-refractivity contribution in [3.05, 3.63) is 11.6 Å². The van der Waals surface area contributed by atoms with E-state index >= 15 is 0 Å². The summed E-state index contributed by atoms with van der Waals surface area (Å²) in [5, 5.41) is 10.9. The smallest absolute Gasteiger partial charge is 0.150 e. The SMILES string of the molecule is CCC(CC#N)Sc1nccs1. The third-order valence-electron chi connectivity index (χ3n) is 1.45. The zero-order valence-corrected chi connectivity index (χ0v) is 8.49. The second-order valence-electron chi connectivity index (χ2n) is 2.31. The minimum atomic E-state index is 0.404. The Kier molecular flexibility index (Phi) is 4.12. The van der Waals surface area contributed by atoms with Gasteiger partial charge in [-0.25, -0.2) is 4.98 Å². The Morgan fingerprint density at radius 2 is 2.67 bits per heavy atom. The van der Waals surface area contributed by atoms with E-state index in [4.69, 9.17) is 5.26 Å². The summed E-state index contributed by atoms with van der Waals surface area (Å²) in [4.78, 5) is 4.16. The Morgan fingerprint density at radius 1 is 1.83 bits per heavy atom. The molecule has 1 aromatic heterocycles. The number of rotatable bonds is 4. The maximum Gasteiger partial charge on any atom is 0.150 e. The van der Waals surface area contributed by atoms with Crippen molar-refractivity contribution in [2.75, 3.05) is 0 Å². The van der Waals surface area contributed by atoms with Gasteiger partial charge in [-0.1, -0.05) is 18.7 Å². The number of aromatic nitrogens is 1. The topological polar surface area (TPSA) is 36.7 Å². The maximum atomic E-state index is 8.52. The van der Waals surface area contributed by atoms with Gasteiger partial charge in [-0.2, -0.15) is 5.26 Å². The van der Waals surface area contributed by atoms with E-state index in [0.717, 1.165) is 10.8 Å². The van der Waals surface area contributed by atoms with Gasteiger partial charge in [0.05, 0.1) is 6.07 Å². The van der Waals surface area contributed by atoms with Gasteiger partial charge in [0.1, 0.15) is 4.34 Å².